The van der Waals surface area contributed by atoms with Gasteiger partial charge in [-0.05, 0) is 6.92 Å². The van der Waals surface area contributed by atoms with Gasteiger partial charge in [0, 0.05) is 0 Å². The van der Waals surface area contributed by atoms with Crippen molar-refractivity contribution in [2.45, 2.75) is 12.5 Å². The minimum absolute atomic E-state index is 0.177. The van der Waals surface area contributed by atoms with Crippen LogP contribution in [0.25, 0.3) is 0 Å². The Morgan fingerprint density at radius 2 is 1.42 bits per heavy atom. The highest BCUT2D eigenvalue weighted by molar-refractivity contribution is 7.79. The van der Waals surface area contributed by atoms with E-state index >= 15 is 0 Å². The number of hydrogen-bond donors (Lipinski definition) is 5. The first-order valence-corrected chi connectivity index (χ1v) is 4.22. The lowest BCUT2D eigenvalue weighted by Crippen LogP contribution is -2.43. The average molecular weight is 203 g/mol. The molecule has 0 amide bonds. The molecular formula is C4H13NO6S. The average Bonchev–Trinajstić information content (AvgIpc) is 1.85. The summed E-state index contributed by atoms with van der Waals surface area (Å²) in [5, 5.41) is 16.6. The molecule has 0 aromatic carbocycles. The molecule has 0 aromatic rings. The molecule has 8 heteroatoms. The third kappa shape index (κ3) is 22.6. The van der Waals surface area contributed by atoms with E-state index in [0.29, 0.717) is 0 Å². The van der Waals surface area contributed by atoms with Crippen molar-refractivity contribution in [2.24, 2.45) is 5.73 Å². The second-order valence-electron chi connectivity index (χ2n) is 2.42. The smallest absolute Gasteiger partial charge is 0.394 e. The van der Waals surface area contributed by atoms with Crippen LogP contribution in [0.15, 0.2) is 0 Å². The zero-order chi connectivity index (χ0) is 10.4. The first-order chi connectivity index (χ1) is 5.12. The molecule has 76 valence electrons. The van der Waals surface area contributed by atoms with Crippen LogP contribution in [0.2, 0.25) is 0 Å². The highest BCUT2D eigenvalue weighted by Gasteiger charge is 2.13. The van der Waals surface area contributed by atoms with Crippen LogP contribution in [-0.2, 0) is 10.4 Å². The Morgan fingerprint density at radius 3 is 1.42 bits per heavy atom. The predicted octanol–water partition coefficient (Wildman–Crippen LogP) is -1.96. The molecule has 0 atom stereocenters. The van der Waals surface area contributed by atoms with Gasteiger partial charge in [-0.15, -0.1) is 0 Å². The van der Waals surface area contributed by atoms with Crippen molar-refractivity contribution in [2.75, 3.05) is 13.2 Å². The zero-order valence-electron chi connectivity index (χ0n) is 6.51. The van der Waals surface area contributed by atoms with E-state index in [4.69, 9.17) is 33.5 Å². The fourth-order valence-electron chi connectivity index (χ4n) is 0.0500. The molecule has 0 aliphatic heterocycles. The van der Waals surface area contributed by atoms with Crippen molar-refractivity contribution < 1.29 is 27.7 Å². The van der Waals surface area contributed by atoms with Gasteiger partial charge in [-0.1, -0.05) is 0 Å². The van der Waals surface area contributed by atoms with Crippen LogP contribution < -0.4 is 5.73 Å². The van der Waals surface area contributed by atoms with Gasteiger partial charge in [0.2, 0.25) is 0 Å². The first kappa shape index (κ1) is 14.3. The Morgan fingerprint density at radius 1 is 1.25 bits per heavy atom. The number of rotatable bonds is 2. The summed E-state index contributed by atoms with van der Waals surface area (Å²) < 4.78 is 31.6. The van der Waals surface area contributed by atoms with Gasteiger partial charge in [0.05, 0.1) is 18.8 Å². The summed E-state index contributed by atoms with van der Waals surface area (Å²) in [4.78, 5) is 0. The van der Waals surface area contributed by atoms with E-state index in [1.807, 2.05) is 0 Å². The predicted molar refractivity (Wildman–Crippen MR) is 40.9 cm³/mol. The maximum Gasteiger partial charge on any atom is 0.394 e. The number of nitrogens with two attached hydrogens (primary N) is 1. The summed E-state index contributed by atoms with van der Waals surface area (Å²) in [6.45, 7) is 1.22. The van der Waals surface area contributed by atoms with Crippen molar-refractivity contribution in [3.63, 3.8) is 0 Å². The molecule has 0 fully saturated rings. The molecule has 6 N–H and O–H groups in total. The van der Waals surface area contributed by atoms with Crippen LogP contribution in [0.1, 0.15) is 6.92 Å². The van der Waals surface area contributed by atoms with Gasteiger partial charge in [-0.2, -0.15) is 8.42 Å². The molecule has 0 heterocycles. The molecule has 7 nitrogen and oxygen atoms in total. The van der Waals surface area contributed by atoms with Crippen molar-refractivity contribution in [1.82, 2.24) is 0 Å². The Bertz CT molecular complexity index is 184. The molecule has 0 radical (unpaired) electrons. The molecule has 0 aliphatic rings. The fraction of sp³-hybridized carbons (Fsp3) is 1.00. The minimum atomic E-state index is -4.67. The van der Waals surface area contributed by atoms with Crippen LogP contribution in [0, 0.1) is 0 Å². The summed E-state index contributed by atoms with van der Waals surface area (Å²) >= 11 is 0. The normalized spacial score (nSPS) is 11.8. The molecule has 0 saturated carbocycles. The molecule has 0 aromatic heterocycles. The second-order valence-corrected chi connectivity index (χ2v) is 3.31. The lowest BCUT2D eigenvalue weighted by Gasteiger charge is -2.16. The standard InChI is InChI=1S/C4H11NO2.H2O4S/c1-4(5,2-6)3-7;1-5(2,3)4/h6-7H,2-3,5H2,1H3;(H2,1,2,3,4). The van der Waals surface area contributed by atoms with E-state index in [1.165, 1.54) is 0 Å². The lowest BCUT2D eigenvalue weighted by atomic mass is 10.1. The lowest BCUT2D eigenvalue weighted by molar-refractivity contribution is 0.134. The zero-order valence-corrected chi connectivity index (χ0v) is 7.32. The van der Waals surface area contributed by atoms with E-state index < -0.39 is 15.9 Å². The highest BCUT2D eigenvalue weighted by atomic mass is 32.3. The third-order valence-corrected chi connectivity index (χ3v) is 0.722. The summed E-state index contributed by atoms with van der Waals surface area (Å²) in [5.74, 6) is 0. The molecule has 0 aliphatic carbocycles. The highest BCUT2D eigenvalue weighted by Crippen LogP contribution is 1.91. The van der Waals surface area contributed by atoms with Gasteiger partial charge in [0.15, 0.2) is 0 Å². The molecule has 0 spiro atoms. The largest absolute Gasteiger partial charge is 0.394 e. The van der Waals surface area contributed by atoms with Crippen LogP contribution in [0.5, 0.6) is 0 Å². The number of aliphatic hydroxyl groups is 2. The van der Waals surface area contributed by atoms with Gasteiger partial charge < -0.3 is 15.9 Å². The first-order valence-electron chi connectivity index (χ1n) is 2.83. The van der Waals surface area contributed by atoms with Gasteiger partial charge in [0.25, 0.3) is 0 Å². The number of aliphatic hydroxyl groups excluding tert-OH is 2. The molecule has 0 saturated heterocycles. The van der Waals surface area contributed by atoms with Crippen molar-refractivity contribution in [1.29, 1.82) is 0 Å². The maximum atomic E-state index is 8.74. The monoisotopic (exact) mass is 203 g/mol. The Kier molecular flexibility index (Phi) is 6.43. The van der Waals surface area contributed by atoms with Gasteiger partial charge in [-0.25, -0.2) is 0 Å². The van der Waals surface area contributed by atoms with E-state index in [2.05, 4.69) is 0 Å². The fourth-order valence-corrected chi connectivity index (χ4v) is 0.0500. The summed E-state index contributed by atoms with van der Waals surface area (Å²) in [6.07, 6.45) is 0. The minimum Gasteiger partial charge on any atom is -0.394 e. The maximum absolute atomic E-state index is 8.74. The van der Waals surface area contributed by atoms with E-state index in [1.54, 1.807) is 6.92 Å². The van der Waals surface area contributed by atoms with Crippen LogP contribution >= 0.6 is 0 Å². The molecule has 0 unspecified atom stereocenters. The summed E-state index contributed by atoms with van der Waals surface area (Å²) in [7, 11) is -4.67. The third-order valence-electron chi connectivity index (χ3n) is 0.722. The molecule has 12 heavy (non-hydrogen) atoms. The van der Waals surface area contributed by atoms with Crippen LogP contribution in [-0.4, -0.2) is 46.5 Å². The number of hydrogen-bond acceptors (Lipinski definition) is 5. The van der Waals surface area contributed by atoms with Gasteiger partial charge in [0.1, 0.15) is 0 Å². The quantitative estimate of drug-likeness (QED) is 0.328. The van der Waals surface area contributed by atoms with Crippen LogP contribution in [0.4, 0.5) is 0 Å². The van der Waals surface area contributed by atoms with Gasteiger partial charge in [-0.3, -0.25) is 9.11 Å². The van der Waals surface area contributed by atoms with Gasteiger partial charge >= 0.3 is 10.4 Å². The van der Waals surface area contributed by atoms with E-state index in [9.17, 15) is 0 Å². The van der Waals surface area contributed by atoms with Crippen LogP contribution in [0.3, 0.4) is 0 Å². The molecule has 0 rings (SSSR count). The summed E-state index contributed by atoms with van der Waals surface area (Å²) in [5.41, 5.74) is 4.41. The SMILES string of the molecule is CC(N)(CO)CO.O=S(=O)(O)O. The van der Waals surface area contributed by atoms with Crippen molar-refractivity contribution in [3.8, 4) is 0 Å². The Hall–Kier alpha value is -0.250. The molecule has 0 bridgehead atoms. The summed E-state index contributed by atoms with van der Waals surface area (Å²) in [6, 6.07) is 0. The van der Waals surface area contributed by atoms with Crippen molar-refractivity contribution in [3.05, 3.63) is 0 Å². The van der Waals surface area contributed by atoms with E-state index in [-0.39, 0.29) is 13.2 Å². The van der Waals surface area contributed by atoms with E-state index in [0.717, 1.165) is 0 Å². The molecular weight excluding hydrogens is 190 g/mol. The Labute approximate surface area is 70.4 Å². The topological polar surface area (TPSA) is 141 Å². The van der Waals surface area contributed by atoms with Crippen molar-refractivity contribution >= 4 is 10.4 Å². The second kappa shape index (κ2) is 5.41. The Balaban J connectivity index is 0.